The summed E-state index contributed by atoms with van der Waals surface area (Å²) in [6.07, 6.45) is 0.654. The Morgan fingerprint density at radius 1 is 0.865 bits per heavy atom. The molecule has 1 atom stereocenters. The van der Waals surface area contributed by atoms with Crippen molar-refractivity contribution in [2.75, 3.05) is 10.6 Å². The molecule has 2 N–H and O–H groups in total. The van der Waals surface area contributed by atoms with Crippen LogP contribution in [0.3, 0.4) is 0 Å². The van der Waals surface area contributed by atoms with E-state index in [1.54, 1.807) is 0 Å². The van der Waals surface area contributed by atoms with Crippen molar-refractivity contribution in [1.82, 2.24) is 4.98 Å². The van der Waals surface area contributed by atoms with E-state index in [-0.39, 0.29) is 17.1 Å². The normalized spacial score (nSPS) is 11.7. The number of aromatic nitrogens is 1. The van der Waals surface area contributed by atoms with E-state index in [1.165, 1.54) is 23.1 Å². The predicted molar refractivity (Wildman–Crippen MR) is 154 cm³/mol. The molecule has 0 aliphatic rings. The van der Waals surface area contributed by atoms with Gasteiger partial charge >= 0.3 is 0 Å². The maximum Gasteiger partial charge on any atom is 0.255 e. The highest BCUT2D eigenvalue weighted by Gasteiger charge is 2.20. The van der Waals surface area contributed by atoms with Crippen molar-refractivity contribution in [3.8, 4) is 11.3 Å². The van der Waals surface area contributed by atoms with E-state index in [9.17, 15) is 9.59 Å². The Bertz CT molecular complexity index is 1550. The molecule has 5 aromatic rings. The minimum Gasteiger partial charge on any atom is -0.322 e. The molecule has 0 spiro atoms. The lowest BCUT2D eigenvalue weighted by atomic mass is 10.1. The van der Waals surface area contributed by atoms with Crippen LogP contribution in [0.5, 0.6) is 0 Å². The Kier molecular flexibility index (Phi) is 7.63. The molecule has 0 radical (unpaired) electrons. The van der Waals surface area contributed by atoms with E-state index >= 15 is 0 Å². The van der Waals surface area contributed by atoms with Crippen molar-refractivity contribution < 1.29 is 9.59 Å². The Morgan fingerprint density at radius 2 is 1.65 bits per heavy atom. The van der Waals surface area contributed by atoms with Crippen molar-refractivity contribution in [2.24, 2.45) is 0 Å². The van der Waals surface area contributed by atoms with Gasteiger partial charge in [0.25, 0.3) is 5.91 Å². The molecule has 4 aromatic carbocycles. The number of rotatable bonds is 8. The first-order valence-electron chi connectivity index (χ1n) is 12.0. The molecule has 0 aliphatic carbocycles. The molecule has 1 unspecified atom stereocenters. The second-order valence-electron chi connectivity index (χ2n) is 8.45. The smallest absolute Gasteiger partial charge is 0.255 e. The number of hydrogen-bond acceptors (Lipinski definition) is 5. The van der Waals surface area contributed by atoms with Crippen LogP contribution in [0.2, 0.25) is 0 Å². The standard InChI is InChI=1S/C30H25N3O2S2/c1-2-27(29(35)33-30-32-26(19-36-30)21-10-4-3-5-11-21)37-25-14-8-13-24(18-25)31-28(34)23-16-15-20-9-6-7-12-22(20)17-23/h3-19,27H,2H2,1H3,(H,31,34)(H,32,33,35). The number of benzene rings is 4. The van der Waals surface area contributed by atoms with Gasteiger partial charge in [-0.1, -0.05) is 73.7 Å². The third-order valence-electron chi connectivity index (χ3n) is 5.85. The van der Waals surface area contributed by atoms with Gasteiger partial charge in [0.2, 0.25) is 5.91 Å². The van der Waals surface area contributed by atoms with Crippen LogP contribution in [-0.2, 0) is 4.79 Å². The summed E-state index contributed by atoms with van der Waals surface area (Å²) in [5.74, 6) is -0.261. The molecule has 0 aliphatic heterocycles. The van der Waals surface area contributed by atoms with Crippen molar-refractivity contribution in [3.63, 3.8) is 0 Å². The first-order chi connectivity index (χ1) is 18.1. The van der Waals surface area contributed by atoms with Crippen LogP contribution in [0.4, 0.5) is 10.8 Å². The molecule has 0 saturated heterocycles. The van der Waals surface area contributed by atoms with Gasteiger partial charge in [0.05, 0.1) is 10.9 Å². The zero-order valence-electron chi connectivity index (χ0n) is 20.2. The molecular formula is C30H25N3O2S2. The van der Waals surface area contributed by atoms with Gasteiger partial charge in [0.1, 0.15) is 0 Å². The highest BCUT2D eigenvalue weighted by atomic mass is 32.2. The van der Waals surface area contributed by atoms with Gasteiger partial charge in [-0.25, -0.2) is 4.98 Å². The van der Waals surface area contributed by atoms with Crippen molar-refractivity contribution in [2.45, 2.75) is 23.5 Å². The largest absolute Gasteiger partial charge is 0.322 e. The molecule has 0 saturated carbocycles. The number of carbonyl (C=O) groups excluding carboxylic acids is 2. The molecule has 0 bridgehead atoms. The van der Waals surface area contributed by atoms with E-state index in [0.717, 1.165) is 26.9 Å². The zero-order valence-corrected chi connectivity index (χ0v) is 21.8. The van der Waals surface area contributed by atoms with Crippen LogP contribution in [-0.4, -0.2) is 22.0 Å². The van der Waals surface area contributed by atoms with Crippen LogP contribution < -0.4 is 10.6 Å². The number of amides is 2. The van der Waals surface area contributed by atoms with Crippen LogP contribution in [0.1, 0.15) is 23.7 Å². The third kappa shape index (κ3) is 6.07. The fraction of sp³-hybridized carbons (Fsp3) is 0.100. The molecule has 7 heteroatoms. The molecule has 1 aromatic heterocycles. The van der Waals surface area contributed by atoms with Crippen LogP contribution in [0.15, 0.2) is 107 Å². The molecule has 5 nitrogen and oxygen atoms in total. The zero-order chi connectivity index (χ0) is 25.6. The summed E-state index contributed by atoms with van der Waals surface area (Å²) < 4.78 is 0. The monoisotopic (exact) mass is 523 g/mol. The number of thioether (sulfide) groups is 1. The summed E-state index contributed by atoms with van der Waals surface area (Å²) in [4.78, 5) is 31.4. The summed E-state index contributed by atoms with van der Waals surface area (Å²) in [5, 5.41) is 10.3. The average Bonchev–Trinajstić information content (AvgIpc) is 3.40. The second kappa shape index (κ2) is 11.4. The topological polar surface area (TPSA) is 71.1 Å². The maximum atomic E-state index is 13.0. The Morgan fingerprint density at radius 3 is 2.46 bits per heavy atom. The van der Waals surface area contributed by atoms with E-state index in [2.05, 4.69) is 15.6 Å². The maximum absolute atomic E-state index is 13.0. The van der Waals surface area contributed by atoms with Crippen LogP contribution in [0.25, 0.3) is 22.0 Å². The summed E-state index contributed by atoms with van der Waals surface area (Å²) in [6, 6.07) is 31.1. The Labute approximate surface area is 224 Å². The minimum atomic E-state index is -0.296. The fourth-order valence-corrected chi connectivity index (χ4v) is 5.66. The molecule has 184 valence electrons. The van der Waals surface area contributed by atoms with Gasteiger partial charge in [0.15, 0.2) is 5.13 Å². The summed E-state index contributed by atoms with van der Waals surface area (Å²) in [6.45, 7) is 1.99. The van der Waals surface area contributed by atoms with Gasteiger partial charge in [-0.15, -0.1) is 23.1 Å². The lowest BCUT2D eigenvalue weighted by Crippen LogP contribution is -2.24. The number of nitrogens with one attached hydrogen (secondary N) is 2. The van der Waals surface area contributed by atoms with Crippen LogP contribution >= 0.6 is 23.1 Å². The van der Waals surface area contributed by atoms with E-state index in [1.807, 2.05) is 109 Å². The Hall–Kier alpha value is -3.94. The summed E-state index contributed by atoms with van der Waals surface area (Å²) in [7, 11) is 0. The van der Waals surface area contributed by atoms with Gasteiger partial charge in [-0.3, -0.25) is 9.59 Å². The number of anilines is 2. The van der Waals surface area contributed by atoms with Crippen molar-refractivity contribution >= 4 is 56.5 Å². The van der Waals surface area contributed by atoms with Gasteiger partial charge in [-0.05, 0) is 47.5 Å². The molecular weight excluding hydrogens is 498 g/mol. The Balaban J connectivity index is 1.23. The molecule has 5 rings (SSSR count). The fourth-order valence-electron chi connectivity index (χ4n) is 3.93. The average molecular weight is 524 g/mol. The van der Waals surface area contributed by atoms with Crippen molar-refractivity contribution in [3.05, 3.63) is 108 Å². The summed E-state index contributed by atoms with van der Waals surface area (Å²) in [5.41, 5.74) is 3.14. The van der Waals surface area contributed by atoms with E-state index < -0.39 is 0 Å². The number of fused-ring (bicyclic) bond motifs is 1. The predicted octanol–water partition coefficient (Wildman–Crippen LogP) is 7.73. The highest BCUT2D eigenvalue weighted by Crippen LogP contribution is 2.30. The van der Waals surface area contributed by atoms with E-state index in [0.29, 0.717) is 22.8 Å². The van der Waals surface area contributed by atoms with Gasteiger partial charge in [0, 0.05) is 27.1 Å². The molecule has 37 heavy (non-hydrogen) atoms. The number of carbonyl (C=O) groups is 2. The number of hydrogen-bond donors (Lipinski definition) is 2. The first-order valence-corrected chi connectivity index (χ1v) is 13.7. The first kappa shape index (κ1) is 24.7. The summed E-state index contributed by atoms with van der Waals surface area (Å²) >= 11 is 2.89. The third-order valence-corrected chi connectivity index (χ3v) is 7.96. The highest BCUT2D eigenvalue weighted by molar-refractivity contribution is 8.00. The quantitative estimate of drug-likeness (QED) is 0.204. The van der Waals surface area contributed by atoms with Gasteiger partial charge in [-0.2, -0.15) is 0 Å². The minimum absolute atomic E-state index is 0.0907. The van der Waals surface area contributed by atoms with Crippen LogP contribution in [0, 0.1) is 0 Å². The lowest BCUT2D eigenvalue weighted by Gasteiger charge is -2.14. The van der Waals surface area contributed by atoms with E-state index in [4.69, 9.17) is 0 Å². The molecule has 0 fully saturated rings. The van der Waals surface area contributed by atoms with Crippen molar-refractivity contribution in [1.29, 1.82) is 0 Å². The lowest BCUT2D eigenvalue weighted by molar-refractivity contribution is -0.115. The second-order valence-corrected chi connectivity index (χ2v) is 10.6. The SMILES string of the molecule is CCC(Sc1cccc(NC(=O)c2ccc3ccccc3c2)c1)C(=O)Nc1nc(-c2ccccc2)cs1. The molecule has 2 amide bonds. The number of nitrogens with zero attached hydrogens (tertiary/aromatic N) is 1. The molecule has 1 heterocycles. The van der Waals surface area contributed by atoms with Gasteiger partial charge < -0.3 is 10.6 Å². The number of thiazole rings is 1.